The normalized spacial score (nSPS) is 21.4. The van der Waals surface area contributed by atoms with Crippen LogP contribution in [0, 0.1) is 0 Å². The highest BCUT2D eigenvalue weighted by Gasteiger charge is 2.37. The molecule has 0 radical (unpaired) electrons. The molecule has 2 heterocycles. The maximum absolute atomic E-state index is 6.52. The summed E-state index contributed by atoms with van der Waals surface area (Å²) in [4.78, 5) is 9.75. The van der Waals surface area contributed by atoms with E-state index >= 15 is 0 Å². The van der Waals surface area contributed by atoms with Gasteiger partial charge in [-0.2, -0.15) is 0 Å². The second-order valence-corrected chi connectivity index (χ2v) is 10.6. The molecule has 2 aromatic carbocycles. The van der Waals surface area contributed by atoms with Gasteiger partial charge in [0.2, 0.25) is 0 Å². The first-order chi connectivity index (χ1) is 17.7. The number of para-hydroxylation sites is 1. The quantitative estimate of drug-likeness (QED) is 0.458. The lowest BCUT2D eigenvalue weighted by Crippen LogP contribution is -2.47. The predicted molar refractivity (Wildman–Crippen MR) is 148 cm³/mol. The van der Waals surface area contributed by atoms with Crippen LogP contribution in [0.2, 0.25) is 0 Å². The fraction of sp³-hybridized carbons (Fsp3) is 0.452. The van der Waals surface area contributed by atoms with Gasteiger partial charge in [0.25, 0.3) is 0 Å². The second-order valence-electron chi connectivity index (χ2n) is 10.6. The van der Waals surface area contributed by atoms with E-state index in [9.17, 15) is 0 Å². The molecule has 36 heavy (non-hydrogen) atoms. The molecule has 188 valence electrons. The number of pyridine rings is 1. The molecule has 4 aliphatic rings. The molecule has 3 aromatic rings. The lowest BCUT2D eigenvalue weighted by molar-refractivity contribution is 0.197. The molecule has 7 rings (SSSR count). The van der Waals surface area contributed by atoms with Crippen LogP contribution in [0.4, 0.5) is 11.5 Å². The molecular weight excluding hydrogens is 444 g/mol. The van der Waals surface area contributed by atoms with Crippen molar-refractivity contribution in [2.24, 2.45) is 0 Å². The van der Waals surface area contributed by atoms with Crippen LogP contribution in [0.5, 0.6) is 5.75 Å². The number of hydrogen-bond donors (Lipinski definition) is 1. The van der Waals surface area contributed by atoms with Crippen LogP contribution in [0.1, 0.15) is 61.1 Å². The maximum atomic E-state index is 6.52. The van der Waals surface area contributed by atoms with Gasteiger partial charge >= 0.3 is 0 Å². The second kappa shape index (κ2) is 10.1. The van der Waals surface area contributed by atoms with Gasteiger partial charge in [0.1, 0.15) is 18.2 Å². The van der Waals surface area contributed by atoms with Gasteiger partial charge in [-0.25, -0.2) is 4.98 Å². The van der Waals surface area contributed by atoms with E-state index in [1.54, 1.807) is 0 Å². The van der Waals surface area contributed by atoms with Gasteiger partial charge in [-0.05, 0) is 85.4 Å². The number of ether oxygens (including phenoxy) is 1. The number of fused-ring (bicyclic) bond motifs is 2. The van der Waals surface area contributed by atoms with Crippen LogP contribution in [0.15, 0.2) is 54.6 Å². The smallest absolute Gasteiger partial charge is 0.124 e. The highest BCUT2D eigenvalue weighted by atomic mass is 16.5. The Morgan fingerprint density at radius 1 is 0.861 bits per heavy atom. The minimum absolute atomic E-state index is 0.584. The standard InChI is InChI=1S/C31H38N4O/c1-2-22-6-3-4-8-27(22)35-18-16-34(17-19-35)20-21-36-28-15-14-25(26-7-5-9-29(32)33-26)30-23-10-12-24(13-11-23)31(28)30/h3-9,14-15,23-24H,2,10-13,16-21H2,1H3,(H2,32,33). The van der Waals surface area contributed by atoms with Gasteiger partial charge in [-0.1, -0.05) is 31.2 Å². The zero-order valence-corrected chi connectivity index (χ0v) is 21.5. The number of benzene rings is 2. The Bertz CT molecular complexity index is 1210. The average Bonchev–Trinajstić information content (AvgIpc) is 2.94. The monoisotopic (exact) mass is 482 g/mol. The number of anilines is 2. The van der Waals surface area contributed by atoms with E-state index in [1.165, 1.54) is 53.6 Å². The summed E-state index contributed by atoms with van der Waals surface area (Å²) in [7, 11) is 0. The van der Waals surface area contributed by atoms with Gasteiger partial charge in [0.15, 0.2) is 0 Å². The summed E-state index contributed by atoms with van der Waals surface area (Å²) in [6.07, 6.45) is 6.21. The number of nitrogens with two attached hydrogens (primary N) is 1. The predicted octanol–water partition coefficient (Wildman–Crippen LogP) is 5.85. The Morgan fingerprint density at radius 2 is 1.61 bits per heavy atom. The van der Waals surface area contributed by atoms with Gasteiger partial charge in [0.05, 0.1) is 5.69 Å². The number of rotatable bonds is 7. The zero-order valence-electron chi connectivity index (χ0n) is 21.5. The van der Waals surface area contributed by atoms with E-state index in [0.29, 0.717) is 17.7 Å². The Morgan fingerprint density at radius 3 is 2.36 bits per heavy atom. The molecule has 1 aromatic heterocycles. The van der Waals surface area contributed by atoms with Gasteiger partial charge in [-0.15, -0.1) is 0 Å². The molecule has 3 aliphatic carbocycles. The third kappa shape index (κ3) is 4.45. The molecule has 5 heteroatoms. The first kappa shape index (κ1) is 23.4. The number of piperazine rings is 1. The average molecular weight is 483 g/mol. The van der Waals surface area contributed by atoms with Gasteiger partial charge in [0, 0.05) is 49.5 Å². The zero-order chi connectivity index (χ0) is 24.5. The molecule has 1 saturated carbocycles. The summed E-state index contributed by atoms with van der Waals surface area (Å²) in [6.45, 7) is 8.30. The minimum atomic E-state index is 0.584. The van der Waals surface area contributed by atoms with Crippen LogP contribution in [0.3, 0.4) is 0 Å². The van der Waals surface area contributed by atoms with Crippen LogP contribution in [-0.2, 0) is 6.42 Å². The van der Waals surface area contributed by atoms with Crippen molar-refractivity contribution in [1.82, 2.24) is 9.88 Å². The van der Waals surface area contributed by atoms with E-state index in [2.05, 4.69) is 64.2 Å². The number of nitrogen functional groups attached to an aromatic ring is 1. The lowest BCUT2D eigenvalue weighted by Gasteiger charge is -2.40. The first-order valence-electron chi connectivity index (χ1n) is 13.8. The maximum Gasteiger partial charge on any atom is 0.124 e. The van der Waals surface area contributed by atoms with Gasteiger partial charge < -0.3 is 15.4 Å². The number of nitrogens with zero attached hydrogens (tertiary/aromatic N) is 3. The largest absolute Gasteiger partial charge is 0.492 e. The van der Waals surface area contributed by atoms with E-state index in [4.69, 9.17) is 10.5 Å². The van der Waals surface area contributed by atoms with Gasteiger partial charge in [-0.3, -0.25) is 4.90 Å². The summed E-state index contributed by atoms with van der Waals surface area (Å²) in [6, 6.07) is 19.2. The third-order valence-electron chi connectivity index (χ3n) is 8.59. The molecular formula is C31H38N4O. The van der Waals surface area contributed by atoms with Crippen molar-refractivity contribution in [2.75, 3.05) is 50.0 Å². The van der Waals surface area contributed by atoms with E-state index in [-0.39, 0.29) is 0 Å². The van der Waals surface area contributed by atoms with Crippen molar-refractivity contribution in [3.63, 3.8) is 0 Å². The van der Waals surface area contributed by atoms with Crippen LogP contribution >= 0.6 is 0 Å². The van der Waals surface area contributed by atoms with Crippen LogP contribution in [-0.4, -0.2) is 49.2 Å². The van der Waals surface area contributed by atoms with Crippen LogP contribution < -0.4 is 15.4 Å². The van der Waals surface area contributed by atoms with Crippen molar-refractivity contribution in [2.45, 2.75) is 50.9 Å². The van der Waals surface area contributed by atoms with Crippen molar-refractivity contribution >= 4 is 11.5 Å². The molecule has 1 saturated heterocycles. The summed E-state index contributed by atoms with van der Waals surface area (Å²) < 4.78 is 6.52. The molecule has 0 atom stereocenters. The highest BCUT2D eigenvalue weighted by Crippen LogP contribution is 2.55. The van der Waals surface area contributed by atoms with Crippen molar-refractivity contribution < 1.29 is 4.74 Å². The first-order valence-corrected chi connectivity index (χ1v) is 13.8. The minimum Gasteiger partial charge on any atom is -0.492 e. The summed E-state index contributed by atoms with van der Waals surface area (Å²) in [5.74, 6) is 2.91. The summed E-state index contributed by atoms with van der Waals surface area (Å²) in [5.41, 5.74) is 14.1. The summed E-state index contributed by atoms with van der Waals surface area (Å²) in [5, 5.41) is 0. The Hall–Kier alpha value is -3.05. The van der Waals surface area contributed by atoms with E-state index in [1.807, 2.05) is 12.1 Å². The Balaban J connectivity index is 1.13. The van der Waals surface area contributed by atoms with E-state index in [0.717, 1.165) is 57.2 Å². The SMILES string of the molecule is CCc1ccccc1N1CCN(CCOc2ccc(-c3cccc(N)n3)c3c2C2CCC3CC2)CC1. The molecule has 2 bridgehead atoms. The Kier molecular flexibility index (Phi) is 6.58. The Labute approximate surface area is 215 Å². The van der Waals surface area contributed by atoms with Crippen molar-refractivity contribution in [3.8, 4) is 17.0 Å². The molecule has 0 unspecified atom stereocenters. The highest BCUT2D eigenvalue weighted by molar-refractivity contribution is 5.71. The molecule has 0 spiro atoms. The fourth-order valence-corrected chi connectivity index (χ4v) is 6.71. The molecule has 1 aliphatic heterocycles. The molecule has 2 N–H and O–H groups in total. The van der Waals surface area contributed by atoms with Crippen molar-refractivity contribution in [1.29, 1.82) is 0 Å². The van der Waals surface area contributed by atoms with E-state index < -0.39 is 0 Å². The number of hydrogen-bond acceptors (Lipinski definition) is 5. The van der Waals surface area contributed by atoms with Crippen molar-refractivity contribution in [3.05, 3.63) is 71.3 Å². The third-order valence-corrected chi connectivity index (χ3v) is 8.59. The summed E-state index contributed by atoms with van der Waals surface area (Å²) >= 11 is 0. The molecule has 5 nitrogen and oxygen atoms in total. The molecule has 2 fully saturated rings. The number of aromatic nitrogens is 1. The van der Waals surface area contributed by atoms with Crippen LogP contribution in [0.25, 0.3) is 11.3 Å². The topological polar surface area (TPSA) is 54.6 Å². The fourth-order valence-electron chi connectivity index (χ4n) is 6.71. The lowest BCUT2D eigenvalue weighted by atomic mass is 9.65. The number of aryl methyl sites for hydroxylation is 1. The molecule has 0 amide bonds.